The van der Waals surface area contributed by atoms with Crippen molar-refractivity contribution in [2.45, 2.75) is 59.3 Å². The first-order chi connectivity index (χ1) is 10.0. The zero-order valence-corrected chi connectivity index (χ0v) is 13.5. The summed E-state index contributed by atoms with van der Waals surface area (Å²) in [6.07, 6.45) is 7.07. The van der Waals surface area contributed by atoms with E-state index in [9.17, 15) is 9.59 Å². The molecule has 0 radical (unpaired) electrons. The summed E-state index contributed by atoms with van der Waals surface area (Å²) in [5, 5.41) is 0. The minimum atomic E-state index is -0.708. The second kappa shape index (κ2) is 6.80. The van der Waals surface area contributed by atoms with Gasteiger partial charge in [-0.05, 0) is 56.8 Å². The van der Waals surface area contributed by atoms with Gasteiger partial charge in [0, 0.05) is 0 Å². The Morgan fingerprint density at radius 2 is 1.52 bits per heavy atom. The van der Waals surface area contributed by atoms with Gasteiger partial charge in [0.1, 0.15) is 0 Å². The van der Waals surface area contributed by atoms with Crippen LogP contribution in [0.3, 0.4) is 0 Å². The van der Waals surface area contributed by atoms with Crippen LogP contribution in [0.1, 0.15) is 59.3 Å². The molecule has 4 nitrogen and oxygen atoms in total. The van der Waals surface area contributed by atoms with Crippen molar-refractivity contribution in [2.24, 2.45) is 23.2 Å². The Kier molecular flexibility index (Phi) is 5.28. The lowest BCUT2D eigenvalue weighted by Crippen LogP contribution is -2.52. The number of ether oxygens (including phenoxy) is 2. The fourth-order valence-electron chi connectivity index (χ4n) is 4.34. The van der Waals surface area contributed by atoms with Gasteiger partial charge in [0.25, 0.3) is 0 Å². The van der Waals surface area contributed by atoms with Crippen molar-refractivity contribution in [1.82, 2.24) is 0 Å². The molecule has 0 saturated heterocycles. The summed E-state index contributed by atoms with van der Waals surface area (Å²) in [5.74, 6) is -0.536. The maximum atomic E-state index is 12.1. The topological polar surface area (TPSA) is 52.6 Å². The highest BCUT2D eigenvalue weighted by atomic mass is 16.6. The van der Waals surface area contributed by atoms with Crippen LogP contribution in [-0.4, -0.2) is 25.2 Å². The number of hydrogen-bond donors (Lipinski definition) is 0. The summed E-state index contributed by atoms with van der Waals surface area (Å²) in [6.45, 7) is 6.38. The Balaban J connectivity index is 1.89. The molecule has 0 aromatic carbocycles. The largest absolute Gasteiger partial charge is 0.465 e. The van der Waals surface area contributed by atoms with Crippen LogP contribution in [0.5, 0.6) is 0 Å². The Bertz CT molecular complexity index is 358. The average Bonchev–Trinajstić information content (AvgIpc) is 2.34. The standard InChI is InChI=1S/C17H28O4/c1-4-7-12-8-17(9-12)10-13(11-17)14(15(18)20-5-2)16(19)21-6-3/h12-14H,4-11H2,1-3H3. The molecule has 21 heavy (non-hydrogen) atoms. The molecule has 0 aromatic heterocycles. The summed E-state index contributed by atoms with van der Waals surface area (Å²) in [5.41, 5.74) is 0.418. The second-order valence-electron chi connectivity index (χ2n) is 6.71. The van der Waals surface area contributed by atoms with Crippen LogP contribution in [0.2, 0.25) is 0 Å². The van der Waals surface area contributed by atoms with Gasteiger partial charge in [0.15, 0.2) is 5.92 Å². The van der Waals surface area contributed by atoms with Crippen LogP contribution in [0.25, 0.3) is 0 Å². The Morgan fingerprint density at radius 3 is 1.95 bits per heavy atom. The van der Waals surface area contributed by atoms with Crippen molar-refractivity contribution in [1.29, 1.82) is 0 Å². The summed E-state index contributed by atoms with van der Waals surface area (Å²) in [6, 6.07) is 0. The normalized spacial score (nSPS) is 30.7. The summed E-state index contributed by atoms with van der Waals surface area (Å²) < 4.78 is 10.1. The van der Waals surface area contributed by atoms with E-state index in [0.29, 0.717) is 18.6 Å². The minimum absolute atomic E-state index is 0.116. The maximum absolute atomic E-state index is 12.1. The lowest BCUT2D eigenvalue weighted by Gasteiger charge is -2.59. The summed E-state index contributed by atoms with van der Waals surface area (Å²) in [7, 11) is 0. The molecular weight excluding hydrogens is 268 g/mol. The van der Waals surface area contributed by atoms with Crippen molar-refractivity contribution >= 4 is 11.9 Å². The zero-order valence-electron chi connectivity index (χ0n) is 13.5. The van der Waals surface area contributed by atoms with Crippen LogP contribution in [0, 0.1) is 23.2 Å². The van der Waals surface area contributed by atoms with Crippen molar-refractivity contribution in [3.05, 3.63) is 0 Å². The molecule has 2 rings (SSSR count). The first-order valence-electron chi connectivity index (χ1n) is 8.38. The lowest BCUT2D eigenvalue weighted by molar-refractivity contribution is -0.174. The minimum Gasteiger partial charge on any atom is -0.465 e. The molecule has 0 aromatic rings. The molecule has 0 unspecified atom stereocenters. The van der Waals surface area contributed by atoms with E-state index in [0.717, 1.165) is 18.8 Å². The highest BCUT2D eigenvalue weighted by Crippen LogP contribution is 2.63. The van der Waals surface area contributed by atoms with Gasteiger partial charge in [0.2, 0.25) is 0 Å². The Labute approximate surface area is 127 Å². The quantitative estimate of drug-likeness (QED) is 0.534. The number of rotatable bonds is 7. The van der Waals surface area contributed by atoms with Gasteiger partial charge in [-0.2, -0.15) is 0 Å². The molecule has 2 fully saturated rings. The van der Waals surface area contributed by atoms with Gasteiger partial charge in [-0.3, -0.25) is 9.59 Å². The third-order valence-corrected chi connectivity index (χ3v) is 5.08. The molecule has 0 amide bonds. The number of hydrogen-bond acceptors (Lipinski definition) is 4. The monoisotopic (exact) mass is 296 g/mol. The van der Waals surface area contributed by atoms with Gasteiger partial charge >= 0.3 is 11.9 Å². The third kappa shape index (κ3) is 3.41. The SMILES string of the molecule is CCCC1CC2(C1)CC(C(C(=O)OCC)C(=O)OCC)C2. The number of carbonyl (C=O) groups excluding carboxylic acids is 2. The molecule has 2 saturated carbocycles. The highest BCUT2D eigenvalue weighted by Gasteiger charge is 2.56. The van der Waals surface area contributed by atoms with Gasteiger partial charge in [0.05, 0.1) is 13.2 Å². The average molecular weight is 296 g/mol. The van der Waals surface area contributed by atoms with E-state index in [1.807, 2.05) is 0 Å². The van der Waals surface area contributed by atoms with Crippen molar-refractivity contribution in [3.8, 4) is 0 Å². The highest BCUT2D eigenvalue weighted by molar-refractivity contribution is 5.95. The number of esters is 2. The number of carbonyl (C=O) groups is 2. The van der Waals surface area contributed by atoms with Crippen molar-refractivity contribution in [3.63, 3.8) is 0 Å². The molecular formula is C17H28O4. The summed E-state index contributed by atoms with van der Waals surface area (Å²) >= 11 is 0. The predicted octanol–water partition coefficient (Wildman–Crippen LogP) is 3.34. The molecule has 0 heterocycles. The fourth-order valence-corrected chi connectivity index (χ4v) is 4.34. The first kappa shape index (κ1) is 16.3. The lowest BCUT2D eigenvalue weighted by atomic mass is 9.46. The second-order valence-corrected chi connectivity index (χ2v) is 6.71. The van der Waals surface area contributed by atoms with Crippen LogP contribution < -0.4 is 0 Å². The molecule has 0 N–H and O–H groups in total. The Morgan fingerprint density at radius 1 is 1.00 bits per heavy atom. The van der Waals surface area contributed by atoms with Gasteiger partial charge < -0.3 is 9.47 Å². The van der Waals surface area contributed by atoms with E-state index < -0.39 is 17.9 Å². The molecule has 120 valence electrons. The van der Waals surface area contributed by atoms with E-state index in [4.69, 9.17) is 9.47 Å². The third-order valence-electron chi connectivity index (χ3n) is 5.08. The van der Waals surface area contributed by atoms with Crippen LogP contribution in [-0.2, 0) is 19.1 Å². The van der Waals surface area contributed by atoms with Gasteiger partial charge in [-0.1, -0.05) is 19.8 Å². The summed E-state index contributed by atoms with van der Waals surface area (Å²) in [4.78, 5) is 24.1. The molecule has 1 spiro atoms. The van der Waals surface area contributed by atoms with Crippen LogP contribution >= 0.6 is 0 Å². The van der Waals surface area contributed by atoms with Crippen molar-refractivity contribution < 1.29 is 19.1 Å². The Hall–Kier alpha value is -1.06. The maximum Gasteiger partial charge on any atom is 0.320 e. The molecule has 4 heteroatoms. The van der Waals surface area contributed by atoms with Gasteiger partial charge in [-0.15, -0.1) is 0 Å². The molecule has 0 aliphatic heterocycles. The van der Waals surface area contributed by atoms with Crippen molar-refractivity contribution in [2.75, 3.05) is 13.2 Å². The smallest absolute Gasteiger partial charge is 0.320 e. The fraction of sp³-hybridized carbons (Fsp3) is 0.882. The predicted molar refractivity (Wildman–Crippen MR) is 79.5 cm³/mol. The van der Waals surface area contributed by atoms with E-state index in [1.165, 1.54) is 25.7 Å². The van der Waals surface area contributed by atoms with E-state index in [2.05, 4.69) is 6.92 Å². The van der Waals surface area contributed by atoms with E-state index in [-0.39, 0.29) is 5.92 Å². The molecule has 0 atom stereocenters. The molecule has 2 aliphatic rings. The molecule has 0 bridgehead atoms. The first-order valence-corrected chi connectivity index (χ1v) is 8.38. The van der Waals surface area contributed by atoms with Crippen LogP contribution in [0.4, 0.5) is 0 Å². The van der Waals surface area contributed by atoms with E-state index in [1.54, 1.807) is 13.8 Å². The molecule has 2 aliphatic carbocycles. The zero-order chi connectivity index (χ0) is 15.5. The van der Waals surface area contributed by atoms with E-state index >= 15 is 0 Å². The van der Waals surface area contributed by atoms with Crippen LogP contribution in [0.15, 0.2) is 0 Å². The van der Waals surface area contributed by atoms with Gasteiger partial charge in [-0.25, -0.2) is 0 Å².